The number of amides is 1. The Labute approximate surface area is 234 Å². The van der Waals surface area contributed by atoms with E-state index < -0.39 is 12.0 Å². The van der Waals surface area contributed by atoms with E-state index >= 15 is 0 Å². The molecule has 0 spiro atoms. The van der Waals surface area contributed by atoms with Crippen LogP contribution in [-0.4, -0.2) is 80.2 Å². The number of nitrogens with zero attached hydrogens (tertiary/aromatic N) is 2. The number of nitriles is 1. The predicted octanol–water partition coefficient (Wildman–Crippen LogP) is 3.80. The van der Waals surface area contributed by atoms with Crippen LogP contribution in [0.25, 0.3) is 28.2 Å². The van der Waals surface area contributed by atoms with Gasteiger partial charge in [0.2, 0.25) is 0 Å². The largest absolute Gasteiger partial charge is 0.457 e. The summed E-state index contributed by atoms with van der Waals surface area (Å²) in [6.45, 7) is 7.58. The van der Waals surface area contributed by atoms with Gasteiger partial charge in [0.05, 0.1) is 31.5 Å². The van der Waals surface area contributed by atoms with Crippen LogP contribution in [0.5, 0.6) is 0 Å². The SMILES string of the molecule is CC1CC(O)CC(CNC(=O)/C(C#N)=C/c2ccc(-c3ccc4cc(NCCN5CCOCC5)ccc4c3)o2)O1. The Balaban J connectivity index is 1.19. The van der Waals surface area contributed by atoms with E-state index in [0.29, 0.717) is 24.4 Å². The van der Waals surface area contributed by atoms with E-state index in [1.165, 1.54) is 6.08 Å². The number of hydrogen-bond acceptors (Lipinski definition) is 8. The van der Waals surface area contributed by atoms with Crippen LogP contribution < -0.4 is 10.6 Å². The number of fused-ring (bicyclic) bond motifs is 1. The second kappa shape index (κ2) is 13.1. The van der Waals surface area contributed by atoms with Crippen LogP contribution in [-0.2, 0) is 14.3 Å². The van der Waals surface area contributed by atoms with Gasteiger partial charge in [0.1, 0.15) is 23.2 Å². The molecule has 3 aromatic rings. The lowest BCUT2D eigenvalue weighted by Gasteiger charge is -2.31. The Kier molecular flexibility index (Phi) is 9.14. The predicted molar refractivity (Wildman–Crippen MR) is 154 cm³/mol. The van der Waals surface area contributed by atoms with Crippen molar-refractivity contribution in [3.63, 3.8) is 0 Å². The summed E-state index contributed by atoms with van der Waals surface area (Å²) in [6.07, 6.45) is 1.67. The van der Waals surface area contributed by atoms with Crippen molar-refractivity contribution < 1.29 is 23.8 Å². The summed E-state index contributed by atoms with van der Waals surface area (Å²) in [5.41, 5.74) is 1.93. The molecule has 1 amide bonds. The third-order valence-corrected chi connectivity index (χ3v) is 7.32. The monoisotopic (exact) mass is 544 g/mol. The summed E-state index contributed by atoms with van der Waals surface area (Å²) >= 11 is 0. The fourth-order valence-electron chi connectivity index (χ4n) is 5.22. The maximum atomic E-state index is 12.6. The molecule has 210 valence electrons. The molecule has 9 nitrogen and oxygen atoms in total. The van der Waals surface area contributed by atoms with Crippen LogP contribution in [0.3, 0.4) is 0 Å². The zero-order valence-corrected chi connectivity index (χ0v) is 22.8. The first kappa shape index (κ1) is 27.9. The van der Waals surface area contributed by atoms with E-state index in [1.807, 2.05) is 25.1 Å². The van der Waals surface area contributed by atoms with Crippen molar-refractivity contribution in [2.24, 2.45) is 0 Å². The van der Waals surface area contributed by atoms with Gasteiger partial charge in [0, 0.05) is 56.5 Å². The van der Waals surface area contributed by atoms with Gasteiger partial charge in [-0.15, -0.1) is 0 Å². The molecule has 2 aliphatic heterocycles. The van der Waals surface area contributed by atoms with Gasteiger partial charge in [0.15, 0.2) is 0 Å². The lowest BCUT2D eigenvalue weighted by atomic mass is 10.0. The van der Waals surface area contributed by atoms with E-state index in [9.17, 15) is 15.2 Å². The molecular formula is C31H36N4O5. The number of aliphatic hydroxyl groups excluding tert-OH is 1. The van der Waals surface area contributed by atoms with Gasteiger partial charge in [-0.2, -0.15) is 5.26 Å². The smallest absolute Gasteiger partial charge is 0.262 e. The van der Waals surface area contributed by atoms with Crippen molar-refractivity contribution in [1.82, 2.24) is 10.2 Å². The Morgan fingerprint density at radius 1 is 1.12 bits per heavy atom. The van der Waals surface area contributed by atoms with Gasteiger partial charge in [-0.25, -0.2) is 0 Å². The van der Waals surface area contributed by atoms with Crippen LogP contribution >= 0.6 is 0 Å². The summed E-state index contributed by atoms with van der Waals surface area (Å²) in [5, 5.41) is 28.0. The fourth-order valence-corrected chi connectivity index (χ4v) is 5.22. The number of hydrogen-bond donors (Lipinski definition) is 3. The van der Waals surface area contributed by atoms with E-state index in [-0.39, 0.29) is 24.3 Å². The van der Waals surface area contributed by atoms with Gasteiger partial charge in [-0.3, -0.25) is 9.69 Å². The molecule has 2 fully saturated rings. The molecule has 2 saturated heterocycles. The molecule has 2 aliphatic rings. The van der Waals surface area contributed by atoms with Crippen molar-refractivity contribution >= 4 is 28.4 Å². The van der Waals surface area contributed by atoms with Crippen LogP contribution in [0.2, 0.25) is 0 Å². The van der Waals surface area contributed by atoms with Gasteiger partial charge in [0.25, 0.3) is 5.91 Å². The molecular weight excluding hydrogens is 508 g/mol. The van der Waals surface area contributed by atoms with E-state index in [2.05, 4.69) is 45.9 Å². The van der Waals surface area contributed by atoms with Gasteiger partial charge >= 0.3 is 0 Å². The third-order valence-electron chi connectivity index (χ3n) is 7.32. The molecule has 1 aromatic heterocycles. The Bertz CT molecular complexity index is 1380. The molecule has 0 radical (unpaired) electrons. The number of carbonyl (C=O) groups excluding carboxylic acids is 1. The number of rotatable bonds is 9. The standard InChI is InChI=1S/C31H36N4O5/c1-21-14-27(36)18-29(39-21)20-34-31(37)25(19-32)17-28-6-7-30(40-28)24-3-2-23-16-26(5-4-22(23)15-24)33-8-9-35-10-12-38-13-11-35/h2-7,15-17,21,27,29,33,36H,8-14,18,20H2,1H3,(H,34,37)/b25-17+. The molecule has 0 aliphatic carbocycles. The molecule has 3 atom stereocenters. The Hall–Kier alpha value is -3.68. The number of furan rings is 1. The van der Waals surface area contributed by atoms with Crippen LogP contribution in [0.4, 0.5) is 5.69 Å². The van der Waals surface area contributed by atoms with Crippen molar-refractivity contribution in [2.75, 3.05) is 51.3 Å². The van der Waals surface area contributed by atoms with Crippen molar-refractivity contribution in [1.29, 1.82) is 5.26 Å². The average molecular weight is 545 g/mol. The number of nitrogens with one attached hydrogen (secondary N) is 2. The number of benzene rings is 2. The lowest BCUT2D eigenvalue weighted by molar-refractivity contribution is -0.120. The minimum Gasteiger partial charge on any atom is -0.457 e. The molecule has 40 heavy (non-hydrogen) atoms. The first-order chi connectivity index (χ1) is 19.5. The first-order valence-electron chi connectivity index (χ1n) is 13.9. The zero-order valence-electron chi connectivity index (χ0n) is 22.8. The number of anilines is 1. The van der Waals surface area contributed by atoms with Crippen molar-refractivity contribution in [3.05, 3.63) is 59.9 Å². The second-order valence-electron chi connectivity index (χ2n) is 10.4. The summed E-state index contributed by atoms with van der Waals surface area (Å²) in [7, 11) is 0. The highest BCUT2D eigenvalue weighted by atomic mass is 16.5. The van der Waals surface area contributed by atoms with Crippen molar-refractivity contribution in [2.45, 2.75) is 38.1 Å². The van der Waals surface area contributed by atoms with Gasteiger partial charge in [-0.1, -0.05) is 18.2 Å². The fraction of sp³-hybridized carbons (Fsp3) is 0.419. The minimum absolute atomic E-state index is 0.0579. The number of ether oxygens (including phenoxy) is 2. The third kappa shape index (κ3) is 7.29. The van der Waals surface area contributed by atoms with Gasteiger partial charge in [-0.05, 0) is 54.4 Å². The number of morpholine rings is 1. The van der Waals surface area contributed by atoms with E-state index in [0.717, 1.165) is 61.4 Å². The Morgan fingerprint density at radius 2 is 1.93 bits per heavy atom. The second-order valence-corrected chi connectivity index (χ2v) is 10.4. The first-order valence-corrected chi connectivity index (χ1v) is 13.9. The minimum atomic E-state index is -0.503. The highest BCUT2D eigenvalue weighted by Crippen LogP contribution is 2.28. The van der Waals surface area contributed by atoms with E-state index in [1.54, 1.807) is 6.07 Å². The average Bonchev–Trinajstić information content (AvgIpc) is 3.43. The number of carbonyl (C=O) groups is 1. The van der Waals surface area contributed by atoms with E-state index in [4.69, 9.17) is 13.9 Å². The zero-order chi connectivity index (χ0) is 27.9. The highest BCUT2D eigenvalue weighted by Gasteiger charge is 2.26. The molecule has 3 heterocycles. The molecule has 2 aromatic carbocycles. The topological polar surface area (TPSA) is 120 Å². The maximum absolute atomic E-state index is 12.6. The molecule has 5 rings (SSSR count). The highest BCUT2D eigenvalue weighted by molar-refractivity contribution is 6.01. The lowest BCUT2D eigenvalue weighted by Crippen LogP contribution is -2.42. The van der Waals surface area contributed by atoms with Crippen molar-refractivity contribution in [3.8, 4) is 17.4 Å². The normalized spacial score (nSPS) is 22.1. The maximum Gasteiger partial charge on any atom is 0.262 e. The summed E-state index contributed by atoms with van der Waals surface area (Å²) < 4.78 is 17.1. The quantitative estimate of drug-likeness (QED) is 0.275. The van der Waals surface area contributed by atoms with Crippen LogP contribution in [0.15, 0.2) is 58.5 Å². The van der Waals surface area contributed by atoms with Crippen LogP contribution in [0, 0.1) is 11.3 Å². The summed E-state index contributed by atoms with van der Waals surface area (Å²) in [6, 6.07) is 18.0. The summed E-state index contributed by atoms with van der Waals surface area (Å²) in [5.74, 6) is 0.563. The number of aliphatic hydroxyl groups is 1. The molecule has 9 heteroatoms. The molecule has 0 bridgehead atoms. The molecule has 0 saturated carbocycles. The summed E-state index contributed by atoms with van der Waals surface area (Å²) in [4.78, 5) is 15.0. The van der Waals surface area contributed by atoms with Crippen LogP contribution in [0.1, 0.15) is 25.5 Å². The van der Waals surface area contributed by atoms with Gasteiger partial charge < -0.3 is 29.6 Å². The molecule has 3 unspecified atom stereocenters. The molecule has 3 N–H and O–H groups in total. The Morgan fingerprint density at radius 3 is 2.73 bits per heavy atom.